The van der Waals surface area contributed by atoms with Crippen LogP contribution in [0.4, 0.5) is 5.69 Å². The molecule has 0 fully saturated rings. The van der Waals surface area contributed by atoms with Crippen molar-refractivity contribution >= 4 is 40.1 Å². The summed E-state index contributed by atoms with van der Waals surface area (Å²) >= 11 is 1.42. The van der Waals surface area contributed by atoms with Crippen LogP contribution in [-0.2, 0) is 10.5 Å². The molecule has 4 aromatic rings. The number of amides is 1. The Morgan fingerprint density at radius 1 is 1.21 bits per heavy atom. The second-order valence-electron chi connectivity index (χ2n) is 6.42. The van der Waals surface area contributed by atoms with E-state index in [4.69, 9.17) is 4.42 Å². The summed E-state index contributed by atoms with van der Waals surface area (Å²) in [5.41, 5.74) is 3.20. The van der Waals surface area contributed by atoms with Crippen LogP contribution in [-0.4, -0.2) is 25.5 Å². The molecule has 0 saturated heterocycles. The summed E-state index contributed by atoms with van der Waals surface area (Å²) in [5, 5.41) is 8.54. The lowest BCUT2D eigenvalue weighted by Gasteiger charge is -2.06. The maximum Gasteiger partial charge on any atom is 0.336 e. The molecule has 0 unspecified atom stereocenters. The van der Waals surface area contributed by atoms with Crippen molar-refractivity contribution in [3.05, 3.63) is 57.7 Å². The number of nitrogens with zero attached hydrogens (tertiary/aromatic N) is 4. The predicted octanol–water partition coefficient (Wildman–Crippen LogP) is 3.10. The predicted molar refractivity (Wildman–Crippen MR) is 107 cm³/mol. The van der Waals surface area contributed by atoms with Gasteiger partial charge >= 0.3 is 5.63 Å². The summed E-state index contributed by atoms with van der Waals surface area (Å²) in [6, 6.07) is 8.66. The summed E-state index contributed by atoms with van der Waals surface area (Å²) in [5.74, 6) is 0.860. The molecule has 0 aliphatic heterocycles. The van der Waals surface area contributed by atoms with Gasteiger partial charge in [0.25, 0.3) is 5.78 Å². The largest absolute Gasteiger partial charge is 0.423 e. The summed E-state index contributed by atoms with van der Waals surface area (Å²) in [7, 11) is 0. The molecule has 1 amide bonds. The maximum absolute atomic E-state index is 12.0. The third kappa shape index (κ3) is 3.61. The quantitative estimate of drug-likeness (QED) is 0.418. The van der Waals surface area contributed by atoms with E-state index >= 15 is 0 Å². The maximum atomic E-state index is 12.0. The Morgan fingerprint density at radius 2 is 2.04 bits per heavy atom. The van der Waals surface area contributed by atoms with Gasteiger partial charge in [-0.1, -0.05) is 11.8 Å². The van der Waals surface area contributed by atoms with E-state index < -0.39 is 5.63 Å². The number of hydrogen-bond donors (Lipinski definition) is 1. The number of carbonyl (C=O) groups excluding carboxylic acids is 1. The number of fused-ring (bicyclic) bond motifs is 2. The van der Waals surface area contributed by atoms with Crippen LogP contribution in [0.3, 0.4) is 0 Å². The van der Waals surface area contributed by atoms with Crippen LogP contribution >= 0.6 is 11.8 Å². The van der Waals surface area contributed by atoms with Gasteiger partial charge in [-0.25, -0.2) is 14.3 Å². The highest BCUT2D eigenvalue weighted by atomic mass is 32.2. The van der Waals surface area contributed by atoms with E-state index in [9.17, 15) is 9.59 Å². The number of nitrogens with one attached hydrogen (secondary N) is 1. The first kappa shape index (κ1) is 18.2. The Labute approximate surface area is 164 Å². The molecule has 0 bridgehead atoms. The van der Waals surface area contributed by atoms with Gasteiger partial charge in [-0.15, -0.1) is 5.10 Å². The first-order valence-corrected chi connectivity index (χ1v) is 9.56. The van der Waals surface area contributed by atoms with E-state index in [0.717, 1.165) is 22.3 Å². The molecule has 0 radical (unpaired) electrons. The first-order chi connectivity index (χ1) is 13.4. The van der Waals surface area contributed by atoms with Crippen LogP contribution in [0, 0.1) is 13.8 Å². The smallest absolute Gasteiger partial charge is 0.336 e. The number of hydrogen-bond acceptors (Lipinski definition) is 7. The Morgan fingerprint density at radius 3 is 2.82 bits per heavy atom. The highest BCUT2D eigenvalue weighted by molar-refractivity contribution is 7.98. The normalized spacial score (nSPS) is 11.2. The van der Waals surface area contributed by atoms with Crippen molar-refractivity contribution in [2.75, 3.05) is 5.32 Å². The Bertz CT molecular complexity index is 1280. The van der Waals surface area contributed by atoms with Gasteiger partial charge < -0.3 is 9.73 Å². The molecule has 0 aliphatic rings. The highest BCUT2D eigenvalue weighted by Crippen LogP contribution is 2.27. The molecule has 0 spiro atoms. The minimum Gasteiger partial charge on any atom is -0.423 e. The topological polar surface area (TPSA) is 102 Å². The van der Waals surface area contributed by atoms with Crippen molar-refractivity contribution < 1.29 is 9.21 Å². The van der Waals surface area contributed by atoms with Crippen molar-refractivity contribution in [1.82, 2.24) is 19.6 Å². The average molecular weight is 395 g/mol. The molecule has 28 heavy (non-hydrogen) atoms. The van der Waals surface area contributed by atoms with Crippen molar-refractivity contribution in [2.24, 2.45) is 0 Å². The monoisotopic (exact) mass is 395 g/mol. The van der Waals surface area contributed by atoms with E-state index in [-0.39, 0.29) is 5.91 Å². The summed E-state index contributed by atoms with van der Waals surface area (Å²) in [6.07, 6.45) is 0. The zero-order valence-electron chi connectivity index (χ0n) is 15.5. The molecule has 1 N–H and O–H groups in total. The summed E-state index contributed by atoms with van der Waals surface area (Å²) < 4.78 is 6.99. The van der Waals surface area contributed by atoms with Crippen molar-refractivity contribution in [3.63, 3.8) is 0 Å². The van der Waals surface area contributed by atoms with E-state index in [0.29, 0.717) is 28.0 Å². The number of rotatable bonds is 4. The molecule has 3 aromatic heterocycles. The van der Waals surface area contributed by atoms with Crippen LogP contribution < -0.4 is 10.9 Å². The molecular weight excluding hydrogens is 378 g/mol. The van der Waals surface area contributed by atoms with Crippen molar-refractivity contribution in [2.45, 2.75) is 31.7 Å². The number of aryl methyl sites for hydroxylation is 2. The van der Waals surface area contributed by atoms with Gasteiger partial charge in [0.2, 0.25) is 11.1 Å². The van der Waals surface area contributed by atoms with E-state index in [1.54, 1.807) is 16.6 Å². The molecule has 3 heterocycles. The molecule has 8 nitrogen and oxygen atoms in total. The third-order valence-corrected chi connectivity index (χ3v) is 4.99. The van der Waals surface area contributed by atoms with Gasteiger partial charge in [0, 0.05) is 47.3 Å². The van der Waals surface area contributed by atoms with E-state index in [2.05, 4.69) is 20.4 Å². The fourth-order valence-corrected chi connectivity index (χ4v) is 3.79. The fourth-order valence-electron chi connectivity index (χ4n) is 2.98. The van der Waals surface area contributed by atoms with Crippen molar-refractivity contribution in [3.8, 4) is 0 Å². The Hall–Kier alpha value is -3.20. The SMILES string of the molecule is CC(=O)Nc1ccc2c(CSc3nc4nc(C)cc(C)n4n3)cc(=O)oc2c1. The van der Waals surface area contributed by atoms with Gasteiger partial charge in [0.15, 0.2) is 0 Å². The number of aromatic nitrogens is 4. The van der Waals surface area contributed by atoms with Gasteiger partial charge in [-0.05, 0) is 37.6 Å². The Kier molecular flexibility index (Phi) is 4.60. The van der Waals surface area contributed by atoms with Gasteiger partial charge in [-0.3, -0.25) is 4.79 Å². The van der Waals surface area contributed by atoms with Crippen molar-refractivity contribution in [1.29, 1.82) is 0 Å². The van der Waals surface area contributed by atoms with Crippen LogP contribution in [0.1, 0.15) is 23.9 Å². The molecule has 9 heteroatoms. The molecule has 4 rings (SSSR count). The minimum absolute atomic E-state index is 0.189. The second-order valence-corrected chi connectivity index (χ2v) is 7.36. The highest BCUT2D eigenvalue weighted by Gasteiger charge is 2.12. The molecular formula is C19H17N5O3S. The Balaban J connectivity index is 1.65. The van der Waals surface area contributed by atoms with Crippen LogP contribution in [0.15, 0.2) is 44.7 Å². The fraction of sp³-hybridized carbons (Fsp3) is 0.211. The first-order valence-electron chi connectivity index (χ1n) is 8.57. The molecule has 142 valence electrons. The zero-order valence-corrected chi connectivity index (χ0v) is 16.3. The molecule has 1 aromatic carbocycles. The number of benzene rings is 1. The van der Waals surface area contributed by atoms with Crippen LogP contribution in [0.25, 0.3) is 16.7 Å². The zero-order chi connectivity index (χ0) is 19.8. The lowest BCUT2D eigenvalue weighted by Crippen LogP contribution is -2.06. The third-order valence-electron chi connectivity index (χ3n) is 4.11. The molecule has 0 saturated carbocycles. The summed E-state index contributed by atoms with van der Waals surface area (Å²) in [6.45, 7) is 5.29. The number of thioether (sulfide) groups is 1. The van der Waals surface area contributed by atoms with Crippen LogP contribution in [0.2, 0.25) is 0 Å². The summed E-state index contributed by atoms with van der Waals surface area (Å²) in [4.78, 5) is 32.0. The standard InChI is InChI=1S/C19H17N5O3S/c1-10-6-11(2)24-18(20-10)22-19(23-24)28-9-13-7-17(26)27-16-8-14(21-12(3)25)4-5-15(13)16/h4-8H,9H2,1-3H3,(H,21,25). The van der Waals surface area contributed by atoms with Gasteiger partial charge in [-0.2, -0.15) is 4.98 Å². The lowest BCUT2D eigenvalue weighted by molar-refractivity contribution is -0.114. The minimum atomic E-state index is -0.445. The number of carbonyl (C=O) groups is 1. The lowest BCUT2D eigenvalue weighted by atomic mass is 10.1. The van der Waals surface area contributed by atoms with Gasteiger partial charge in [0.1, 0.15) is 5.58 Å². The molecule has 0 atom stereocenters. The van der Waals surface area contributed by atoms with Gasteiger partial charge in [0.05, 0.1) is 0 Å². The average Bonchev–Trinajstić information content (AvgIpc) is 3.02. The van der Waals surface area contributed by atoms with Crippen LogP contribution in [0.5, 0.6) is 0 Å². The molecule has 0 aliphatic carbocycles. The number of anilines is 1. The van der Waals surface area contributed by atoms with E-state index in [1.807, 2.05) is 26.0 Å². The second kappa shape index (κ2) is 7.08. The van der Waals surface area contributed by atoms with E-state index in [1.165, 1.54) is 24.8 Å².